The van der Waals surface area contributed by atoms with Gasteiger partial charge in [0, 0.05) is 35.7 Å². The van der Waals surface area contributed by atoms with Crippen LogP contribution >= 0.6 is 11.6 Å². The van der Waals surface area contributed by atoms with E-state index in [0.29, 0.717) is 29.8 Å². The van der Waals surface area contributed by atoms with Crippen LogP contribution in [0, 0.1) is 23.7 Å². The molecule has 2 aromatic carbocycles. The van der Waals surface area contributed by atoms with E-state index in [-0.39, 0.29) is 23.9 Å². The van der Waals surface area contributed by atoms with E-state index < -0.39 is 21.2 Å². The fraction of sp³-hybridized carbons (Fsp3) is 0.606. The molecule has 2 heterocycles. The molecule has 2 aliphatic carbocycles. The summed E-state index contributed by atoms with van der Waals surface area (Å²) in [4.78, 5) is 15.7. The Balaban J connectivity index is 1.42. The highest BCUT2D eigenvalue weighted by Crippen LogP contribution is 2.48. The number of aliphatic hydroxyl groups is 1. The van der Waals surface area contributed by atoms with Crippen molar-refractivity contribution in [3.63, 3.8) is 0 Å². The lowest BCUT2D eigenvalue weighted by Gasteiger charge is -2.46. The summed E-state index contributed by atoms with van der Waals surface area (Å²) in [6, 6.07) is 11.5. The highest BCUT2D eigenvalue weighted by molar-refractivity contribution is 7.90. The van der Waals surface area contributed by atoms with Crippen molar-refractivity contribution in [1.29, 1.82) is 0 Å². The second-order valence-corrected chi connectivity index (χ2v) is 15.8. The Hall–Kier alpha value is -2.29. The predicted octanol–water partition coefficient (Wildman–Crippen LogP) is 5.72. The number of amides is 1. The molecule has 6 atom stereocenters. The van der Waals surface area contributed by atoms with Crippen molar-refractivity contribution in [2.45, 2.75) is 75.9 Å². The number of fused-ring (bicyclic) bond motifs is 4. The SMILES string of the molecule is C[C@@H]1[C@@H](C)CCC[C@@H](CO)[C@@H]2CC[C@H]2CN2C[C@@]3(CCCc4cc(Cl)ccc43)COc3ccc(cc32)C(=O)NS1(=O)=O. The van der Waals surface area contributed by atoms with Crippen LogP contribution in [0.1, 0.15) is 80.3 Å². The molecule has 1 amide bonds. The highest BCUT2D eigenvalue weighted by atomic mass is 35.5. The number of benzene rings is 2. The summed E-state index contributed by atoms with van der Waals surface area (Å²) in [5, 5.41) is 10.4. The number of rotatable bonds is 1. The minimum absolute atomic E-state index is 0.111. The normalized spacial score (nSPS) is 32.9. The van der Waals surface area contributed by atoms with Crippen LogP contribution in [0.3, 0.4) is 0 Å². The number of hydrogen-bond donors (Lipinski definition) is 2. The third kappa shape index (κ3) is 5.55. The Morgan fingerprint density at radius 3 is 2.69 bits per heavy atom. The summed E-state index contributed by atoms with van der Waals surface area (Å²) in [6.45, 7) is 5.83. The van der Waals surface area contributed by atoms with E-state index in [2.05, 4.69) is 21.8 Å². The van der Waals surface area contributed by atoms with Gasteiger partial charge in [0.2, 0.25) is 10.0 Å². The third-order valence-electron chi connectivity index (χ3n) is 10.8. The fourth-order valence-corrected chi connectivity index (χ4v) is 9.45. The third-order valence-corrected chi connectivity index (χ3v) is 13.0. The molecule has 0 unspecified atom stereocenters. The molecular formula is C33H43ClN2O5S. The van der Waals surface area contributed by atoms with E-state index in [9.17, 15) is 18.3 Å². The van der Waals surface area contributed by atoms with E-state index in [0.717, 1.165) is 75.2 Å². The molecule has 7 nitrogen and oxygen atoms in total. The standard InChI is InChI=1S/C33H43ClN2O5S/c1-21-5-3-6-26(18-37)28-11-8-25(28)17-36-19-33(14-4-7-23-15-27(34)10-12-29(23)33)20-41-31-13-9-24(16-30(31)36)32(38)35-42(39,40)22(21)2/h9-10,12-13,15-16,21-22,25-26,28,37H,3-8,11,14,17-20H2,1-2H3,(H,35,38)/t21-,22+,25-,26-,28+,33-/m0/s1. The average molecular weight is 615 g/mol. The molecule has 2 aromatic rings. The van der Waals surface area contributed by atoms with Crippen molar-refractivity contribution in [3.05, 3.63) is 58.1 Å². The molecule has 2 bridgehead atoms. The van der Waals surface area contributed by atoms with Crippen molar-refractivity contribution >= 4 is 33.2 Å². The van der Waals surface area contributed by atoms with Gasteiger partial charge in [-0.1, -0.05) is 31.0 Å². The highest BCUT2D eigenvalue weighted by Gasteiger charge is 2.44. The summed E-state index contributed by atoms with van der Waals surface area (Å²) in [5.74, 6) is 1.05. The Morgan fingerprint density at radius 1 is 1.10 bits per heavy atom. The van der Waals surface area contributed by atoms with Crippen LogP contribution < -0.4 is 14.4 Å². The molecule has 4 aliphatic rings. The molecule has 42 heavy (non-hydrogen) atoms. The smallest absolute Gasteiger partial charge is 0.264 e. The van der Waals surface area contributed by atoms with Crippen LogP contribution in [0.5, 0.6) is 5.75 Å². The van der Waals surface area contributed by atoms with Gasteiger partial charge in [0.1, 0.15) is 5.75 Å². The maximum absolute atomic E-state index is 13.4. The Morgan fingerprint density at radius 2 is 1.93 bits per heavy atom. The Kier molecular flexibility index (Phi) is 8.26. The molecule has 0 aromatic heterocycles. The molecule has 1 spiro atoms. The Labute approximate surface area is 255 Å². The molecule has 2 N–H and O–H groups in total. The number of nitrogens with zero attached hydrogens (tertiary/aromatic N) is 1. The van der Waals surface area contributed by atoms with Gasteiger partial charge in [0.25, 0.3) is 5.91 Å². The molecule has 9 heteroatoms. The number of hydrogen-bond acceptors (Lipinski definition) is 6. The van der Waals surface area contributed by atoms with Crippen LogP contribution in [-0.2, 0) is 21.9 Å². The first-order chi connectivity index (χ1) is 20.1. The van der Waals surface area contributed by atoms with Crippen LogP contribution in [0.4, 0.5) is 5.69 Å². The van der Waals surface area contributed by atoms with Crippen molar-refractivity contribution in [2.24, 2.45) is 23.7 Å². The van der Waals surface area contributed by atoms with Gasteiger partial charge >= 0.3 is 0 Å². The van der Waals surface area contributed by atoms with Gasteiger partial charge in [-0.05, 0) is 117 Å². The van der Waals surface area contributed by atoms with Crippen LogP contribution in [-0.4, -0.2) is 51.0 Å². The van der Waals surface area contributed by atoms with E-state index in [4.69, 9.17) is 16.3 Å². The van der Waals surface area contributed by atoms with Crippen molar-refractivity contribution in [1.82, 2.24) is 4.72 Å². The number of sulfonamides is 1. The van der Waals surface area contributed by atoms with E-state index in [1.54, 1.807) is 13.0 Å². The number of ether oxygens (including phenoxy) is 1. The lowest BCUT2D eigenvalue weighted by Crippen LogP contribution is -2.49. The summed E-state index contributed by atoms with van der Waals surface area (Å²) in [5.41, 5.74) is 3.46. The second-order valence-electron chi connectivity index (χ2n) is 13.3. The minimum Gasteiger partial charge on any atom is -0.490 e. The first-order valence-electron chi connectivity index (χ1n) is 15.6. The zero-order chi connectivity index (χ0) is 29.6. The van der Waals surface area contributed by atoms with Gasteiger partial charge in [-0.25, -0.2) is 13.1 Å². The zero-order valence-electron chi connectivity index (χ0n) is 24.6. The molecule has 2 aliphatic heterocycles. The summed E-state index contributed by atoms with van der Waals surface area (Å²) < 4.78 is 35.3. The first-order valence-corrected chi connectivity index (χ1v) is 17.5. The quantitative estimate of drug-likeness (QED) is 0.427. The predicted molar refractivity (Wildman–Crippen MR) is 166 cm³/mol. The number of nitrogens with one attached hydrogen (secondary N) is 1. The molecule has 6 rings (SSSR count). The molecule has 228 valence electrons. The monoisotopic (exact) mass is 614 g/mol. The van der Waals surface area contributed by atoms with Gasteiger partial charge in [-0.2, -0.15) is 0 Å². The molecule has 0 radical (unpaired) electrons. The lowest BCUT2D eigenvalue weighted by atomic mass is 9.65. The average Bonchev–Trinajstić information content (AvgIpc) is 3.10. The number of carbonyl (C=O) groups is 1. The Bertz CT molecular complexity index is 1450. The number of aliphatic hydroxyl groups excluding tert-OH is 1. The fourth-order valence-electron chi connectivity index (χ4n) is 7.94. The second kappa shape index (κ2) is 11.7. The van der Waals surface area contributed by atoms with Crippen LogP contribution in [0.2, 0.25) is 5.02 Å². The molecular weight excluding hydrogens is 572 g/mol. The number of anilines is 1. The topological polar surface area (TPSA) is 95.9 Å². The van der Waals surface area contributed by atoms with Gasteiger partial charge < -0.3 is 14.7 Å². The van der Waals surface area contributed by atoms with Gasteiger partial charge in [0.05, 0.1) is 17.5 Å². The van der Waals surface area contributed by atoms with Crippen molar-refractivity contribution in [3.8, 4) is 5.75 Å². The number of carbonyl (C=O) groups excluding carboxylic acids is 1. The number of halogens is 1. The van der Waals surface area contributed by atoms with Gasteiger partial charge in [-0.3, -0.25) is 4.79 Å². The van der Waals surface area contributed by atoms with E-state index in [1.165, 1.54) is 11.1 Å². The van der Waals surface area contributed by atoms with Crippen LogP contribution in [0.15, 0.2) is 36.4 Å². The van der Waals surface area contributed by atoms with Crippen molar-refractivity contribution < 1.29 is 23.1 Å². The number of aryl methyl sites for hydroxylation is 1. The minimum atomic E-state index is -3.87. The maximum atomic E-state index is 13.4. The molecule has 0 saturated heterocycles. The summed E-state index contributed by atoms with van der Waals surface area (Å²) in [6.07, 6.45) is 7.70. The molecule has 1 saturated carbocycles. The van der Waals surface area contributed by atoms with Crippen molar-refractivity contribution in [2.75, 3.05) is 31.2 Å². The summed E-state index contributed by atoms with van der Waals surface area (Å²) in [7, 11) is -3.87. The summed E-state index contributed by atoms with van der Waals surface area (Å²) >= 11 is 6.40. The maximum Gasteiger partial charge on any atom is 0.264 e. The van der Waals surface area contributed by atoms with E-state index >= 15 is 0 Å². The van der Waals surface area contributed by atoms with Gasteiger partial charge in [-0.15, -0.1) is 0 Å². The first kappa shape index (κ1) is 29.8. The van der Waals surface area contributed by atoms with Gasteiger partial charge in [0.15, 0.2) is 0 Å². The largest absolute Gasteiger partial charge is 0.490 e. The lowest BCUT2D eigenvalue weighted by molar-refractivity contribution is 0.0569. The molecule has 1 fully saturated rings. The van der Waals surface area contributed by atoms with E-state index in [1.807, 2.05) is 25.1 Å². The van der Waals surface area contributed by atoms with Crippen LogP contribution in [0.25, 0.3) is 0 Å². The zero-order valence-corrected chi connectivity index (χ0v) is 26.2.